The number of esters is 1. The van der Waals surface area contributed by atoms with Gasteiger partial charge in [0, 0.05) is 17.4 Å². The van der Waals surface area contributed by atoms with Gasteiger partial charge in [-0.15, -0.1) is 0 Å². The molecule has 0 aliphatic carbocycles. The fraction of sp³-hybridized carbons (Fsp3) is 0.250. The molecule has 7 heteroatoms. The number of primary amides is 1. The molecule has 3 rings (SSSR count). The number of hydrogen-bond acceptors (Lipinski definition) is 4. The number of fused-ring (bicyclic) bond motifs is 1. The van der Waals surface area contributed by atoms with Gasteiger partial charge in [-0.05, 0) is 50.1 Å². The molecule has 140 valence electrons. The zero-order valence-electron chi connectivity index (χ0n) is 15.1. The Kier molecular flexibility index (Phi) is 5.12. The molecule has 1 heterocycles. The number of para-hydroxylation sites is 1. The molecule has 2 aromatic rings. The van der Waals surface area contributed by atoms with E-state index in [2.05, 4.69) is 5.32 Å². The van der Waals surface area contributed by atoms with Crippen molar-refractivity contribution >= 4 is 29.3 Å². The third kappa shape index (κ3) is 3.92. The number of nitrogens with one attached hydrogen (secondary N) is 1. The maximum absolute atomic E-state index is 12.9. The smallest absolute Gasteiger partial charge is 0.338 e. The van der Waals surface area contributed by atoms with Crippen molar-refractivity contribution in [2.24, 2.45) is 5.73 Å². The molecule has 3 amide bonds. The van der Waals surface area contributed by atoms with Crippen LogP contribution in [0.15, 0.2) is 48.5 Å². The molecule has 0 aromatic heterocycles. The van der Waals surface area contributed by atoms with E-state index in [1.165, 1.54) is 6.07 Å². The van der Waals surface area contributed by atoms with Gasteiger partial charge in [0.05, 0.1) is 5.56 Å². The summed E-state index contributed by atoms with van der Waals surface area (Å²) in [6.07, 6.45) is -0.178. The maximum Gasteiger partial charge on any atom is 0.338 e. The molecule has 27 heavy (non-hydrogen) atoms. The van der Waals surface area contributed by atoms with Crippen molar-refractivity contribution in [3.05, 3.63) is 59.7 Å². The molecular formula is C20H21N3O4. The first-order chi connectivity index (χ1) is 12.9. The van der Waals surface area contributed by atoms with E-state index in [9.17, 15) is 14.4 Å². The molecule has 0 spiro atoms. The molecule has 0 radical (unpaired) electrons. The first-order valence-electron chi connectivity index (χ1n) is 8.65. The summed E-state index contributed by atoms with van der Waals surface area (Å²) in [4.78, 5) is 37.9. The Morgan fingerprint density at radius 3 is 2.67 bits per heavy atom. The Hall–Kier alpha value is -3.35. The highest BCUT2D eigenvalue weighted by molar-refractivity contribution is 6.01. The highest BCUT2D eigenvalue weighted by Gasteiger charge is 2.34. The van der Waals surface area contributed by atoms with Gasteiger partial charge in [-0.25, -0.2) is 9.59 Å². The van der Waals surface area contributed by atoms with Gasteiger partial charge < -0.3 is 20.7 Å². The topological polar surface area (TPSA) is 102 Å². The minimum Gasteiger partial charge on any atom is -0.449 e. The average Bonchev–Trinajstić information content (AvgIpc) is 2.96. The van der Waals surface area contributed by atoms with Gasteiger partial charge >= 0.3 is 12.0 Å². The fourth-order valence-electron chi connectivity index (χ4n) is 3.24. The molecule has 0 saturated heterocycles. The Labute approximate surface area is 157 Å². The van der Waals surface area contributed by atoms with E-state index in [-0.39, 0.29) is 17.5 Å². The number of nitrogens with zero attached hydrogens (tertiary/aromatic N) is 1. The van der Waals surface area contributed by atoms with Crippen molar-refractivity contribution in [1.82, 2.24) is 0 Å². The van der Waals surface area contributed by atoms with Crippen molar-refractivity contribution < 1.29 is 19.1 Å². The lowest BCUT2D eigenvalue weighted by Gasteiger charge is -2.26. The van der Waals surface area contributed by atoms with Crippen molar-refractivity contribution in [3.8, 4) is 0 Å². The molecule has 2 aromatic carbocycles. The van der Waals surface area contributed by atoms with Gasteiger partial charge in [0.1, 0.15) is 0 Å². The third-order valence-corrected chi connectivity index (χ3v) is 4.44. The van der Waals surface area contributed by atoms with E-state index >= 15 is 0 Å². The second-order valence-electron chi connectivity index (χ2n) is 6.51. The van der Waals surface area contributed by atoms with Gasteiger partial charge in [-0.2, -0.15) is 0 Å². The number of carbonyl (C=O) groups excluding carboxylic acids is 3. The quantitative estimate of drug-likeness (QED) is 0.811. The number of nitrogens with two attached hydrogens (primary N) is 1. The number of anilines is 2. The van der Waals surface area contributed by atoms with Crippen LogP contribution >= 0.6 is 0 Å². The molecule has 1 aliphatic rings. The highest BCUT2D eigenvalue weighted by atomic mass is 16.5. The van der Waals surface area contributed by atoms with E-state index in [4.69, 9.17) is 10.5 Å². The largest absolute Gasteiger partial charge is 0.449 e. The minimum atomic E-state index is -0.945. The number of amides is 3. The zero-order valence-corrected chi connectivity index (χ0v) is 15.1. The summed E-state index contributed by atoms with van der Waals surface area (Å²) >= 11 is 0. The van der Waals surface area contributed by atoms with Crippen LogP contribution in [0.5, 0.6) is 0 Å². The van der Waals surface area contributed by atoms with E-state index in [0.29, 0.717) is 5.69 Å². The Morgan fingerprint density at radius 1 is 1.19 bits per heavy atom. The van der Waals surface area contributed by atoms with Gasteiger partial charge in [-0.1, -0.05) is 24.3 Å². The number of rotatable bonds is 4. The number of hydrogen-bond donors (Lipinski definition) is 2. The van der Waals surface area contributed by atoms with E-state index in [1.807, 2.05) is 31.2 Å². The highest BCUT2D eigenvalue weighted by Crippen LogP contribution is 2.32. The molecule has 0 saturated carbocycles. The summed E-state index contributed by atoms with van der Waals surface area (Å²) in [7, 11) is 0. The van der Waals surface area contributed by atoms with Crippen LogP contribution in [0.1, 0.15) is 29.8 Å². The normalized spacial score (nSPS) is 16.4. The lowest BCUT2D eigenvalue weighted by Crippen LogP contribution is -2.43. The first kappa shape index (κ1) is 18.4. The van der Waals surface area contributed by atoms with Crippen molar-refractivity contribution in [3.63, 3.8) is 0 Å². The summed E-state index contributed by atoms with van der Waals surface area (Å²) in [6.45, 7) is 3.52. The van der Waals surface area contributed by atoms with Crippen LogP contribution in [0.25, 0.3) is 0 Å². The monoisotopic (exact) mass is 367 g/mol. The number of benzene rings is 2. The van der Waals surface area contributed by atoms with Crippen LogP contribution in [-0.4, -0.2) is 30.1 Å². The van der Waals surface area contributed by atoms with E-state index in [0.717, 1.165) is 17.7 Å². The van der Waals surface area contributed by atoms with Gasteiger partial charge in [0.15, 0.2) is 6.10 Å². The zero-order chi connectivity index (χ0) is 19.6. The standard InChI is InChI=1S/C20H21N3O4/c1-12-10-14-6-3-4-9-17(14)23(12)18(24)13(2)27-19(25)15-7-5-8-16(11-15)22-20(21)26/h3-9,11-13H,10H2,1-2H3,(H3,21,22,26)/t12-,13-/m0/s1. The van der Waals surface area contributed by atoms with Crippen molar-refractivity contribution in [1.29, 1.82) is 0 Å². The lowest BCUT2D eigenvalue weighted by molar-refractivity contribution is -0.126. The first-order valence-corrected chi connectivity index (χ1v) is 8.65. The summed E-state index contributed by atoms with van der Waals surface area (Å²) in [5.74, 6) is -0.920. The van der Waals surface area contributed by atoms with Gasteiger partial charge in [0.25, 0.3) is 5.91 Å². The molecular weight excluding hydrogens is 346 g/mol. The fourth-order valence-corrected chi connectivity index (χ4v) is 3.24. The summed E-state index contributed by atoms with van der Waals surface area (Å²) in [5, 5.41) is 2.39. The number of ether oxygens (including phenoxy) is 1. The summed E-state index contributed by atoms with van der Waals surface area (Å²) in [5.41, 5.74) is 7.62. The Bertz CT molecular complexity index is 896. The second-order valence-corrected chi connectivity index (χ2v) is 6.51. The summed E-state index contributed by atoms with van der Waals surface area (Å²) in [6, 6.07) is 13.1. The molecule has 0 unspecified atom stereocenters. The minimum absolute atomic E-state index is 0.000790. The van der Waals surface area contributed by atoms with Crippen LogP contribution in [0.4, 0.5) is 16.2 Å². The average molecular weight is 367 g/mol. The van der Waals surface area contributed by atoms with Crippen LogP contribution in [0.3, 0.4) is 0 Å². The van der Waals surface area contributed by atoms with Crippen LogP contribution < -0.4 is 16.0 Å². The molecule has 0 bridgehead atoms. The molecule has 0 fully saturated rings. The van der Waals surface area contributed by atoms with Crippen molar-refractivity contribution in [2.75, 3.05) is 10.2 Å². The van der Waals surface area contributed by atoms with Gasteiger partial charge in [0.2, 0.25) is 0 Å². The van der Waals surface area contributed by atoms with Crippen LogP contribution in [-0.2, 0) is 16.0 Å². The van der Waals surface area contributed by atoms with Gasteiger partial charge in [-0.3, -0.25) is 4.79 Å². The Morgan fingerprint density at radius 2 is 1.93 bits per heavy atom. The molecule has 2 atom stereocenters. The third-order valence-electron chi connectivity index (χ3n) is 4.44. The molecule has 3 N–H and O–H groups in total. The maximum atomic E-state index is 12.9. The molecule has 7 nitrogen and oxygen atoms in total. The van der Waals surface area contributed by atoms with Crippen LogP contribution in [0, 0.1) is 0 Å². The predicted octanol–water partition coefficient (Wildman–Crippen LogP) is 2.70. The second kappa shape index (κ2) is 7.49. The van der Waals surface area contributed by atoms with Crippen molar-refractivity contribution in [2.45, 2.75) is 32.4 Å². The van der Waals surface area contributed by atoms with Crippen LogP contribution in [0.2, 0.25) is 0 Å². The molecule has 1 aliphatic heterocycles. The Balaban J connectivity index is 1.72. The van der Waals surface area contributed by atoms with E-state index < -0.39 is 18.1 Å². The predicted molar refractivity (Wildman–Crippen MR) is 102 cm³/mol. The number of carbonyl (C=O) groups is 3. The SMILES string of the molecule is C[C@H](OC(=O)c1cccc(NC(N)=O)c1)C(=O)N1c2ccccc2C[C@@H]1C. The number of urea groups is 1. The van der Waals surface area contributed by atoms with E-state index in [1.54, 1.807) is 30.0 Å². The lowest BCUT2D eigenvalue weighted by atomic mass is 10.1. The summed E-state index contributed by atoms with van der Waals surface area (Å²) < 4.78 is 5.36.